The normalized spacial score (nSPS) is 17.6. The molecule has 1 amide bonds. The Bertz CT molecular complexity index is 1030. The van der Waals surface area contributed by atoms with Crippen molar-refractivity contribution in [3.63, 3.8) is 0 Å². The first-order valence-electron chi connectivity index (χ1n) is 11.0. The van der Waals surface area contributed by atoms with Crippen LogP contribution in [0.3, 0.4) is 0 Å². The van der Waals surface area contributed by atoms with Gasteiger partial charge in [0.25, 0.3) is 11.7 Å². The number of Topliss-reactive ketones (excluding diaryl/α,β-unsaturated/α-hetero) is 1. The number of carbonyl (C=O) groups is 2. The van der Waals surface area contributed by atoms with Gasteiger partial charge in [0.05, 0.1) is 11.6 Å². The van der Waals surface area contributed by atoms with Crippen molar-refractivity contribution in [2.75, 3.05) is 32.8 Å². The predicted octanol–water partition coefficient (Wildman–Crippen LogP) is 4.67. The molecule has 1 aliphatic heterocycles. The molecule has 0 radical (unpaired) electrons. The van der Waals surface area contributed by atoms with E-state index in [9.17, 15) is 14.7 Å². The number of carbonyl (C=O) groups excluding carboxylic acids is 2. The van der Waals surface area contributed by atoms with Crippen molar-refractivity contribution in [2.45, 2.75) is 19.9 Å². The maximum atomic E-state index is 13.1. The molecule has 1 N–H and O–H groups in total. The van der Waals surface area contributed by atoms with E-state index in [1.807, 2.05) is 0 Å². The fourth-order valence-corrected chi connectivity index (χ4v) is 4.04. The van der Waals surface area contributed by atoms with Gasteiger partial charge in [0.2, 0.25) is 0 Å². The number of nitrogens with zero attached hydrogens (tertiary/aromatic N) is 2. The number of ketones is 1. The minimum absolute atomic E-state index is 0.0710. The predicted molar refractivity (Wildman–Crippen MR) is 130 cm³/mol. The molecule has 0 spiro atoms. The summed E-state index contributed by atoms with van der Waals surface area (Å²) in [5, 5.41) is 11.7. The zero-order chi connectivity index (χ0) is 24.0. The lowest BCUT2D eigenvalue weighted by Crippen LogP contribution is -2.38. The van der Waals surface area contributed by atoms with Gasteiger partial charge in [-0.15, -0.1) is 0 Å². The van der Waals surface area contributed by atoms with Crippen molar-refractivity contribution in [3.8, 4) is 5.75 Å². The number of rotatable bonds is 10. The SMILES string of the molecule is C=CCOc1ccc(C(O)=C2C(=O)C(=O)N(CCN(CC)CC)C2c2ccc(Cl)cc2)cc1. The van der Waals surface area contributed by atoms with Gasteiger partial charge in [0.15, 0.2) is 0 Å². The third kappa shape index (κ3) is 5.46. The molecule has 2 aromatic rings. The Balaban J connectivity index is 2.03. The van der Waals surface area contributed by atoms with E-state index in [-0.39, 0.29) is 11.3 Å². The second kappa shape index (κ2) is 11.2. The van der Waals surface area contributed by atoms with Crippen LogP contribution in [0.1, 0.15) is 31.0 Å². The first-order chi connectivity index (χ1) is 15.9. The van der Waals surface area contributed by atoms with Crippen LogP contribution in [-0.2, 0) is 9.59 Å². The molecule has 33 heavy (non-hydrogen) atoms. The highest BCUT2D eigenvalue weighted by Gasteiger charge is 2.45. The van der Waals surface area contributed by atoms with Gasteiger partial charge in [-0.3, -0.25) is 9.59 Å². The van der Waals surface area contributed by atoms with Crippen LogP contribution in [0, 0.1) is 0 Å². The molecule has 7 heteroatoms. The highest BCUT2D eigenvalue weighted by Crippen LogP contribution is 2.39. The topological polar surface area (TPSA) is 70.1 Å². The number of aliphatic hydroxyl groups is 1. The molecule has 0 bridgehead atoms. The number of halogens is 1. The molecular weight excluding hydrogens is 440 g/mol. The van der Waals surface area contributed by atoms with Crippen LogP contribution in [0.25, 0.3) is 5.76 Å². The molecule has 1 saturated heterocycles. The molecule has 1 heterocycles. The van der Waals surface area contributed by atoms with E-state index in [0.29, 0.717) is 41.6 Å². The number of amides is 1. The zero-order valence-electron chi connectivity index (χ0n) is 19.0. The molecule has 3 rings (SSSR count). The van der Waals surface area contributed by atoms with E-state index in [1.54, 1.807) is 54.6 Å². The van der Waals surface area contributed by atoms with Crippen molar-refractivity contribution in [1.82, 2.24) is 9.80 Å². The highest BCUT2D eigenvalue weighted by atomic mass is 35.5. The Morgan fingerprint density at radius 3 is 2.33 bits per heavy atom. The van der Waals surface area contributed by atoms with Crippen LogP contribution in [0.15, 0.2) is 66.8 Å². The number of benzene rings is 2. The third-order valence-corrected chi connectivity index (χ3v) is 6.02. The molecule has 174 valence electrons. The monoisotopic (exact) mass is 468 g/mol. The Kier molecular flexibility index (Phi) is 8.31. The largest absolute Gasteiger partial charge is 0.507 e. The summed E-state index contributed by atoms with van der Waals surface area (Å²) in [5.74, 6) is -0.914. The van der Waals surface area contributed by atoms with Crippen LogP contribution >= 0.6 is 11.6 Å². The highest BCUT2D eigenvalue weighted by molar-refractivity contribution is 6.46. The quantitative estimate of drug-likeness (QED) is 0.237. The molecule has 1 atom stereocenters. The van der Waals surface area contributed by atoms with Crippen molar-refractivity contribution in [1.29, 1.82) is 0 Å². The van der Waals surface area contributed by atoms with E-state index >= 15 is 0 Å². The van der Waals surface area contributed by atoms with E-state index in [4.69, 9.17) is 16.3 Å². The molecule has 0 aliphatic carbocycles. The second-order valence-electron chi connectivity index (χ2n) is 7.69. The molecule has 1 unspecified atom stereocenters. The lowest BCUT2D eigenvalue weighted by Gasteiger charge is -2.28. The first kappa shape index (κ1) is 24.6. The summed E-state index contributed by atoms with van der Waals surface area (Å²) in [6.45, 7) is 10.8. The van der Waals surface area contributed by atoms with E-state index in [2.05, 4.69) is 25.3 Å². The Morgan fingerprint density at radius 1 is 1.12 bits per heavy atom. The van der Waals surface area contributed by atoms with Crippen LogP contribution in [0.5, 0.6) is 5.75 Å². The number of ether oxygens (including phenoxy) is 1. The fraction of sp³-hybridized carbons (Fsp3) is 0.308. The van der Waals surface area contributed by atoms with Gasteiger partial charge in [-0.05, 0) is 55.1 Å². The first-order valence-corrected chi connectivity index (χ1v) is 11.4. The Labute approximate surface area is 199 Å². The third-order valence-electron chi connectivity index (χ3n) is 5.77. The van der Waals surface area contributed by atoms with Gasteiger partial charge in [-0.2, -0.15) is 0 Å². The fourth-order valence-electron chi connectivity index (χ4n) is 3.91. The van der Waals surface area contributed by atoms with E-state index < -0.39 is 17.7 Å². The van der Waals surface area contributed by atoms with E-state index in [1.165, 1.54) is 4.90 Å². The number of hydrogen-bond acceptors (Lipinski definition) is 5. The molecule has 6 nitrogen and oxygen atoms in total. The molecule has 1 fully saturated rings. The lowest BCUT2D eigenvalue weighted by molar-refractivity contribution is -0.140. The van der Waals surface area contributed by atoms with Crippen LogP contribution < -0.4 is 4.74 Å². The molecule has 0 saturated carbocycles. The Hall–Kier alpha value is -3.09. The summed E-state index contributed by atoms with van der Waals surface area (Å²) < 4.78 is 5.49. The summed E-state index contributed by atoms with van der Waals surface area (Å²) in [7, 11) is 0. The van der Waals surface area contributed by atoms with Crippen molar-refractivity contribution in [3.05, 3.63) is 82.9 Å². The maximum absolute atomic E-state index is 13.1. The summed E-state index contributed by atoms with van der Waals surface area (Å²) in [4.78, 5) is 29.8. The van der Waals surface area contributed by atoms with Crippen LogP contribution in [0.4, 0.5) is 0 Å². The number of aliphatic hydroxyl groups excluding tert-OH is 1. The van der Waals surface area contributed by atoms with Gasteiger partial charge < -0.3 is 19.6 Å². The number of likely N-dealkylation sites (tertiary alicyclic amines) is 1. The Morgan fingerprint density at radius 2 is 1.76 bits per heavy atom. The minimum atomic E-state index is -0.700. The van der Waals surface area contributed by atoms with Crippen molar-refractivity contribution < 1.29 is 19.4 Å². The maximum Gasteiger partial charge on any atom is 0.295 e. The van der Waals surface area contributed by atoms with Crippen molar-refractivity contribution >= 4 is 29.1 Å². The lowest BCUT2D eigenvalue weighted by atomic mass is 9.95. The molecule has 1 aliphatic rings. The van der Waals surface area contributed by atoms with E-state index in [0.717, 1.165) is 13.1 Å². The average Bonchev–Trinajstić information content (AvgIpc) is 3.08. The smallest absolute Gasteiger partial charge is 0.295 e. The number of hydrogen-bond donors (Lipinski definition) is 1. The molecule has 0 aromatic heterocycles. The van der Waals surface area contributed by atoms with Crippen LogP contribution in [-0.4, -0.2) is 59.4 Å². The minimum Gasteiger partial charge on any atom is -0.507 e. The average molecular weight is 469 g/mol. The van der Waals surface area contributed by atoms with Crippen LogP contribution in [0.2, 0.25) is 5.02 Å². The summed E-state index contributed by atoms with van der Waals surface area (Å²) in [5.41, 5.74) is 1.22. The van der Waals surface area contributed by atoms with Gasteiger partial charge in [0.1, 0.15) is 18.1 Å². The molecular formula is C26H29ClN2O4. The van der Waals surface area contributed by atoms with Gasteiger partial charge in [0, 0.05) is 23.7 Å². The zero-order valence-corrected chi connectivity index (χ0v) is 19.7. The summed E-state index contributed by atoms with van der Waals surface area (Å²) in [6, 6.07) is 13.0. The standard InChI is InChI=1S/C26H29ClN2O4/c1-4-17-33-21-13-9-19(10-14-21)24(30)22-23(18-7-11-20(27)12-8-18)29(26(32)25(22)31)16-15-28(5-2)6-3/h4,7-14,23,30H,1,5-6,15-17H2,2-3H3. The van der Waals surface area contributed by atoms with Gasteiger partial charge >= 0.3 is 0 Å². The molecule has 2 aromatic carbocycles. The number of likely N-dealkylation sites (N-methyl/N-ethyl adjacent to an activating group) is 1. The van der Waals surface area contributed by atoms with Gasteiger partial charge in [-0.25, -0.2) is 0 Å². The van der Waals surface area contributed by atoms with Crippen molar-refractivity contribution in [2.24, 2.45) is 0 Å². The summed E-state index contributed by atoms with van der Waals surface area (Å²) >= 11 is 6.06. The second-order valence-corrected chi connectivity index (χ2v) is 8.13. The van der Waals surface area contributed by atoms with Gasteiger partial charge in [-0.1, -0.05) is 50.2 Å². The summed E-state index contributed by atoms with van der Waals surface area (Å²) in [6.07, 6.45) is 1.64.